The molecule has 0 N–H and O–H groups in total. The number of benzene rings is 9. The first-order chi connectivity index (χ1) is 41.6. The van der Waals surface area contributed by atoms with E-state index in [9.17, 15) is 4.79 Å². The highest BCUT2D eigenvalue weighted by molar-refractivity contribution is 6.22. The highest BCUT2D eigenvalue weighted by Crippen LogP contribution is 2.55. The van der Waals surface area contributed by atoms with Crippen molar-refractivity contribution in [3.63, 3.8) is 0 Å². The van der Waals surface area contributed by atoms with Crippen molar-refractivity contribution < 1.29 is 30.4 Å². The van der Waals surface area contributed by atoms with E-state index in [0.29, 0.717) is 24.5 Å². The van der Waals surface area contributed by atoms with Crippen molar-refractivity contribution in [1.82, 2.24) is 0 Å². The van der Waals surface area contributed by atoms with Crippen molar-refractivity contribution in [3.8, 4) is 110 Å². The largest absolute Gasteiger partial charge is 0.494 e. The quantitative estimate of drug-likeness (QED) is 0.0188. The first-order valence-corrected chi connectivity index (χ1v) is 31.4. The van der Waals surface area contributed by atoms with Crippen molar-refractivity contribution >= 4 is 49.1 Å². The maximum atomic E-state index is 13.1. The van der Waals surface area contributed by atoms with Gasteiger partial charge in [0.05, 0.1) is 12.0 Å². The number of unbranched alkanes of at least 4 members (excludes halogenated alkanes) is 11. The molecule has 85 heavy (non-hydrogen) atoms. The summed E-state index contributed by atoms with van der Waals surface area (Å²) in [6.45, 7) is 13.4. The number of hydrogen-bond acceptors (Lipinski definition) is 4. The molecule has 444 valence electrons. The summed E-state index contributed by atoms with van der Waals surface area (Å²) < 4.78 is 18.7. The van der Waals surface area contributed by atoms with Gasteiger partial charge in [-0.25, -0.2) is 0 Å². The molecule has 0 aliphatic heterocycles. The van der Waals surface area contributed by atoms with Crippen molar-refractivity contribution in [2.75, 3.05) is 6.61 Å². The minimum Gasteiger partial charge on any atom is -0.494 e. The minimum atomic E-state index is -0.590. The topological polar surface area (TPSA) is 44.8 Å². The number of carbonyl (C=O) groups is 1. The molecule has 0 amide bonds. The monoisotopic (exact) mass is 1130 g/mol. The van der Waals surface area contributed by atoms with Crippen LogP contribution in [0, 0.1) is 53.5 Å². The SMILES string of the molecule is C#CC#CC#CC#COc1ccc2c(-c3ccc4cc(-c5ccc6c(c5)C(CCCCCC)(CCCCCC)c5ccccc5-6)ccc4c3)c3cc(OCCCCCCCC)ccc3c(-c3ccc4cc(OC(=O)C(C)(C)CC)ccc4c3)c2c1.[HH].[HH].[HH].[HH].[HH].[HH].[HH].[HH]. The number of esters is 1. The van der Waals surface area contributed by atoms with Gasteiger partial charge >= 0.3 is 5.97 Å². The molecule has 1 aliphatic carbocycles. The van der Waals surface area contributed by atoms with E-state index in [1.807, 2.05) is 45.0 Å². The number of carbonyl (C=O) groups excluding carboxylic acids is 1. The Labute approximate surface area is 518 Å². The average molecular weight is 1130 g/mol. The fourth-order valence-electron chi connectivity index (χ4n) is 12.7. The molecule has 9 aromatic carbocycles. The molecule has 9 aromatic rings. The van der Waals surface area contributed by atoms with Crippen LogP contribution in [0.25, 0.3) is 87.6 Å². The summed E-state index contributed by atoms with van der Waals surface area (Å²) in [5, 5.41) is 8.56. The third kappa shape index (κ3) is 13.3. The van der Waals surface area contributed by atoms with Crippen molar-refractivity contribution in [3.05, 3.63) is 163 Å². The summed E-state index contributed by atoms with van der Waals surface area (Å²) in [6.07, 6.45) is 28.3. The zero-order chi connectivity index (χ0) is 59.2. The summed E-state index contributed by atoms with van der Waals surface area (Å²) >= 11 is 0. The van der Waals surface area contributed by atoms with Gasteiger partial charge < -0.3 is 14.2 Å². The van der Waals surface area contributed by atoms with E-state index < -0.39 is 5.41 Å². The highest BCUT2D eigenvalue weighted by Gasteiger charge is 2.42. The molecule has 0 radical (unpaired) electrons. The molecule has 0 saturated carbocycles. The molecule has 0 aromatic heterocycles. The lowest BCUT2D eigenvalue weighted by atomic mass is 9.70. The second-order valence-electron chi connectivity index (χ2n) is 23.9. The van der Waals surface area contributed by atoms with Crippen LogP contribution in [0.15, 0.2) is 152 Å². The van der Waals surface area contributed by atoms with Crippen LogP contribution < -0.4 is 14.2 Å². The van der Waals surface area contributed by atoms with Gasteiger partial charge in [0.15, 0.2) is 0 Å². The van der Waals surface area contributed by atoms with Crippen LogP contribution in [0.1, 0.15) is 173 Å². The van der Waals surface area contributed by atoms with Gasteiger partial charge in [0.25, 0.3) is 0 Å². The van der Waals surface area contributed by atoms with Crippen LogP contribution in [0.5, 0.6) is 17.2 Å². The maximum absolute atomic E-state index is 13.1. The zero-order valence-corrected chi connectivity index (χ0v) is 50.9. The molecule has 0 heterocycles. The van der Waals surface area contributed by atoms with Crippen LogP contribution in [-0.4, -0.2) is 12.6 Å². The van der Waals surface area contributed by atoms with Gasteiger partial charge in [0.1, 0.15) is 23.4 Å². The molecule has 1 aliphatic rings. The van der Waals surface area contributed by atoms with E-state index >= 15 is 0 Å². The minimum absolute atomic E-state index is 0. The van der Waals surface area contributed by atoms with Gasteiger partial charge in [-0.3, -0.25) is 4.79 Å². The number of fused-ring (bicyclic) bond motifs is 7. The van der Waals surface area contributed by atoms with E-state index in [1.54, 1.807) is 0 Å². The molecule has 4 nitrogen and oxygen atoms in total. The fraction of sp³-hybridized carbons (Fsp3) is 0.321. The second kappa shape index (κ2) is 27.8. The molecular formula is C81H96O4. The van der Waals surface area contributed by atoms with E-state index in [0.717, 1.165) is 78.5 Å². The summed E-state index contributed by atoms with van der Waals surface area (Å²) in [7, 11) is 0. The summed E-state index contributed by atoms with van der Waals surface area (Å²) in [6, 6.07) is 55.8. The lowest BCUT2D eigenvalue weighted by molar-refractivity contribution is -0.144. The lowest BCUT2D eigenvalue weighted by Crippen LogP contribution is -2.28. The Morgan fingerprint density at radius 1 is 0.471 bits per heavy atom. The first-order valence-electron chi connectivity index (χ1n) is 31.4. The van der Waals surface area contributed by atoms with Gasteiger partial charge in [-0.2, -0.15) is 0 Å². The number of rotatable bonds is 25. The van der Waals surface area contributed by atoms with Crippen molar-refractivity contribution in [1.29, 1.82) is 0 Å². The molecule has 0 saturated heterocycles. The fourth-order valence-corrected chi connectivity index (χ4v) is 12.7. The molecule has 0 bridgehead atoms. The zero-order valence-electron chi connectivity index (χ0n) is 50.9. The van der Waals surface area contributed by atoms with E-state index in [4.69, 9.17) is 20.6 Å². The van der Waals surface area contributed by atoms with Crippen LogP contribution in [0.4, 0.5) is 0 Å². The number of terminal acetylenes is 1. The predicted molar refractivity (Wildman–Crippen MR) is 375 cm³/mol. The second-order valence-corrected chi connectivity index (χ2v) is 23.9. The van der Waals surface area contributed by atoms with Crippen LogP contribution in [-0.2, 0) is 10.2 Å². The van der Waals surface area contributed by atoms with Gasteiger partial charge in [-0.1, -0.05) is 196 Å². The van der Waals surface area contributed by atoms with Gasteiger partial charge in [-0.15, -0.1) is 6.42 Å². The molecule has 10 rings (SSSR count). The van der Waals surface area contributed by atoms with Gasteiger partial charge in [-0.05, 0) is 223 Å². The average Bonchev–Trinajstić information content (AvgIpc) is 1.72. The molecule has 0 unspecified atom stereocenters. The van der Waals surface area contributed by atoms with E-state index in [2.05, 4.69) is 190 Å². The number of ether oxygens (including phenoxy) is 3. The summed E-state index contributed by atoms with van der Waals surface area (Å²) in [5.74, 6) is 17.2. The van der Waals surface area contributed by atoms with Crippen molar-refractivity contribution in [2.24, 2.45) is 5.41 Å². The lowest BCUT2D eigenvalue weighted by Gasteiger charge is -2.33. The van der Waals surface area contributed by atoms with Crippen molar-refractivity contribution in [2.45, 2.75) is 156 Å². The molecule has 4 heteroatoms. The molecule has 0 spiro atoms. The molecular weight excluding hydrogens is 1040 g/mol. The number of hydrogen-bond donors (Lipinski definition) is 0. The first kappa shape index (κ1) is 59.5. The van der Waals surface area contributed by atoms with E-state index in [1.165, 1.54) is 129 Å². The standard InChI is InChI=1S/C81H80O4.8H2/c1-8-13-17-21-23-29-49-83-66-43-46-72-73(56-66)77(71-45-42-67(84-50-30-24-22-18-14-9-2)57-74(71)78(72)65-38-36-62-54-68(41-39-61(62)53-65)85-79(82)80(6,7)12-5)64-37-35-58-51-59(33-34-60(58)52-64)63-40-44-70-69-31-25-26-32-75(69)81(76(70)55-63,47-27-19-15-10-3)48-28-20-16-11-4;;;;;;;;/h2,25-26,31-46,51-57H,8,10-13,15-17,19-21,23,27-29,47-49H2,1,3-7H3;8*1H. The Balaban J connectivity index is 0.00000368. The van der Waals surface area contributed by atoms with Crippen LogP contribution >= 0.6 is 0 Å². The Hall–Kier alpha value is -8.67. The predicted octanol–water partition coefficient (Wildman–Crippen LogP) is 23.5. The normalized spacial score (nSPS) is 12.1. The smallest absolute Gasteiger partial charge is 0.316 e. The molecule has 0 atom stereocenters. The third-order valence-corrected chi connectivity index (χ3v) is 17.8. The summed E-state index contributed by atoms with van der Waals surface area (Å²) in [5.41, 5.74) is 12.1. The molecule has 0 fully saturated rings. The van der Waals surface area contributed by atoms with Crippen LogP contribution in [0.3, 0.4) is 0 Å². The van der Waals surface area contributed by atoms with E-state index in [-0.39, 0.29) is 22.8 Å². The van der Waals surface area contributed by atoms with Crippen LogP contribution in [0.2, 0.25) is 0 Å². The Bertz CT molecular complexity index is 4180. The third-order valence-electron chi connectivity index (χ3n) is 17.8. The highest BCUT2D eigenvalue weighted by atomic mass is 16.5. The maximum Gasteiger partial charge on any atom is 0.316 e. The van der Waals surface area contributed by atoms with Gasteiger partial charge in [0, 0.05) is 34.6 Å². The Kier molecular flexibility index (Phi) is 19.5. The summed E-state index contributed by atoms with van der Waals surface area (Å²) in [4.78, 5) is 13.1. The van der Waals surface area contributed by atoms with Gasteiger partial charge in [0.2, 0.25) is 0 Å². The Morgan fingerprint density at radius 2 is 0.976 bits per heavy atom. The Morgan fingerprint density at radius 3 is 1.64 bits per heavy atom.